The number of carbonyl (C=O) groups is 3. The van der Waals surface area contributed by atoms with Crippen molar-refractivity contribution < 1.29 is 19.1 Å². The average Bonchev–Trinajstić information content (AvgIpc) is 3.29. The Morgan fingerprint density at radius 2 is 1.69 bits per heavy atom. The molecule has 1 saturated carbocycles. The number of methoxy groups -OCH3 is 1. The maximum absolute atomic E-state index is 13.5. The molecule has 3 atom stereocenters. The van der Waals surface area contributed by atoms with Crippen LogP contribution in [-0.4, -0.2) is 41.8 Å². The number of hydrogen-bond donors (Lipinski definition) is 0. The lowest BCUT2D eigenvalue weighted by molar-refractivity contribution is -0.145. The number of carbonyl (C=O) groups excluding carboxylic acids is 3. The first-order valence-electron chi connectivity index (χ1n) is 10.3. The van der Waals surface area contributed by atoms with Crippen molar-refractivity contribution in [1.29, 1.82) is 0 Å². The van der Waals surface area contributed by atoms with Gasteiger partial charge in [-0.2, -0.15) is 0 Å². The van der Waals surface area contributed by atoms with Gasteiger partial charge in [-0.1, -0.05) is 43.2 Å². The van der Waals surface area contributed by atoms with Crippen LogP contribution in [0.3, 0.4) is 0 Å². The standard InChI is InChI=1S/C24H23NO4/c1-29-24(28)21-13-14-6-2-5-9-20(14)25(21)23(27)15-10-11-17-16-7-3-4-8-18(16)22(26)19(17)12-15/h3-4,7-8,10-12,14,20-21H,2,5-6,9,13H2,1H3. The Hall–Kier alpha value is -2.95. The second-order valence-corrected chi connectivity index (χ2v) is 8.23. The van der Waals surface area contributed by atoms with E-state index in [1.54, 1.807) is 17.0 Å². The van der Waals surface area contributed by atoms with E-state index in [4.69, 9.17) is 4.74 Å². The molecule has 5 nitrogen and oxygen atoms in total. The fourth-order valence-electron chi connectivity index (χ4n) is 5.41. The van der Waals surface area contributed by atoms with Gasteiger partial charge in [-0.05, 0) is 48.4 Å². The highest BCUT2D eigenvalue weighted by Gasteiger charge is 2.48. The quantitative estimate of drug-likeness (QED) is 0.625. The molecule has 3 unspecified atom stereocenters. The normalized spacial score (nSPS) is 24.7. The van der Waals surface area contributed by atoms with Gasteiger partial charge in [0, 0.05) is 22.7 Å². The Morgan fingerprint density at radius 3 is 2.48 bits per heavy atom. The Balaban J connectivity index is 1.52. The van der Waals surface area contributed by atoms with Crippen molar-refractivity contribution in [3.8, 4) is 11.1 Å². The van der Waals surface area contributed by atoms with E-state index < -0.39 is 6.04 Å². The second-order valence-electron chi connectivity index (χ2n) is 8.23. The van der Waals surface area contributed by atoms with Gasteiger partial charge >= 0.3 is 5.97 Å². The van der Waals surface area contributed by atoms with Gasteiger partial charge in [0.2, 0.25) is 0 Å². The molecule has 5 rings (SSSR count). The Labute approximate surface area is 169 Å². The monoisotopic (exact) mass is 389 g/mol. The van der Waals surface area contributed by atoms with Gasteiger partial charge in [0.1, 0.15) is 6.04 Å². The number of amides is 1. The van der Waals surface area contributed by atoms with Crippen LogP contribution in [0.2, 0.25) is 0 Å². The van der Waals surface area contributed by atoms with Crippen LogP contribution in [-0.2, 0) is 9.53 Å². The lowest BCUT2D eigenvalue weighted by atomic mass is 9.84. The predicted molar refractivity (Wildman–Crippen MR) is 108 cm³/mol. The zero-order chi connectivity index (χ0) is 20.1. The van der Waals surface area contributed by atoms with Crippen LogP contribution in [0.15, 0.2) is 42.5 Å². The average molecular weight is 389 g/mol. The van der Waals surface area contributed by atoms with Crippen molar-refractivity contribution in [1.82, 2.24) is 4.90 Å². The summed E-state index contributed by atoms with van der Waals surface area (Å²) in [4.78, 5) is 40.5. The molecule has 0 spiro atoms. The van der Waals surface area contributed by atoms with Crippen molar-refractivity contribution in [2.45, 2.75) is 44.2 Å². The highest BCUT2D eigenvalue weighted by molar-refractivity contribution is 6.22. The number of hydrogen-bond acceptors (Lipinski definition) is 4. The SMILES string of the molecule is COC(=O)C1CC2CCCCC2N1C(=O)c1ccc2c(c1)C(=O)c1ccccc1-2. The number of ketones is 1. The first-order valence-corrected chi connectivity index (χ1v) is 10.3. The summed E-state index contributed by atoms with van der Waals surface area (Å²) in [5, 5.41) is 0. The van der Waals surface area contributed by atoms with E-state index in [0.717, 1.165) is 36.8 Å². The van der Waals surface area contributed by atoms with E-state index in [1.165, 1.54) is 7.11 Å². The minimum absolute atomic E-state index is 0.0493. The van der Waals surface area contributed by atoms with Gasteiger partial charge in [0.25, 0.3) is 5.91 Å². The first kappa shape index (κ1) is 18.1. The van der Waals surface area contributed by atoms with Crippen LogP contribution >= 0.6 is 0 Å². The summed E-state index contributed by atoms with van der Waals surface area (Å²) < 4.78 is 5.00. The van der Waals surface area contributed by atoms with Crippen molar-refractivity contribution >= 4 is 17.7 Å². The van der Waals surface area contributed by atoms with Crippen molar-refractivity contribution in [2.75, 3.05) is 7.11 Å². The molecule has 2 aromatic rings. The molecular formula is C24H23NO4. The molecule has 2 aliphatic carbocycles. The topological polar surface area (TPSA) is 63.7 Å². The van der Waals surface area contributed by atoms with Crippen molar-refractivity contribution in [3.05, 3.63) is 59.2 Å². The minimum atomic E-state index is -0.540. The largest absolute Gasteiger partial charge is 0.467 e. The summed E-state index contributed by atoms with van der Waals surface area (Å²) in [5.74, 6) is -0.234. The number of ether oxygens (including phenoxy) is 1. The molecular weight excluding hydrogens is 366 g/mol. The molecule has 3 aliphatic rings. The summed E-state index contributed by atoms with van der Waals surface area (Å²) in [6.45, 7) is 0. The zero-order valence-electron chi connectivity index (χ0n) is 16.4. The van der Waals surface area contributed by atoms with E-state index in [1.807, 2.05) is 30.3 Å². The molecule has 0 bridgehead atoms. The van der Waals surface area contributed by atoms with Crippen molar-refractivity contribution in [3.63, 3.8) is 0 Å². The lowest BCUT2D eigenvalue weighted by Gasteiger charge is -2.33. The number of benzene rings is 2. The van der Waals surface area contributed by atoms with Gasteiger partial charge in [-0.25, -0.2) is 4.79 Å². The molecule has 29 heavy (non-hydrogen) atoms. The summed E-state index contributed by atoms with van der Waals surface area (Å²) in [6, 6.07) is 12.4. The van der Waals surface area contributed by atoms with E-state index in [-0.39, 0.29) is 23.7 Å². The summed E-state index contributed by atoms with van der Waals surface area (Å²) in [6.07, 6.45) is 4.83. The third-order valence-electron chi connectivity index (χ3n) is 6.77. The Bertz CT molecular complexity index is 1030. The molecule has 1 aliphatic heterocycles. The Morgan fingerprint density at radius 1 is 0.966 bits per heavy atom. The number of nitrogens with zero attached hydrogens (tertiary/aromatic N) is 1. The molecule has 1 heterocycles. The molecule has 1 saturated heterocycles. The van der Waals surface area contributed by atoms with Crippen molar-refractivity contribution in [2.24, 2.45) is 5.92 Å². The smallest absolute Gasteiger partial charge is 0.328 e. The molecule has 0 radical (unpaired) electrons. The minimum Gasteiger partial charge on any atom is -0.467 e. The van der Waals surface area contributed by atoms with Crippen LogP contribution in [0.5, 0.6) is 0 Å². The fraction of sp³-hybridized carbons (Fsp3) is 0.375. The zero-order valence-corrected chi connectivity index (χ0v) is 16.4. The molecule has 0 N–H and O–H groups in total. The summed E-state index contributed by atoms with van der Waals surface area (Å²) >= 11 is 0. The lowest BCUT2D eigenvalue weighted by Crippen LogP contribution is -2.46. The van der Waals surface area contributed by atoms with Gasteiger partial charge in [-0.3, -0.25) is 9.59 Å². The fourth-order valence-corrected chi connectivity index (χ4v) is 5.41. The predicted octanol–water partition coefficient (Wildman–Crippen LogP) is 3.84. The van der Waals surface area contributed by atoms with Gasteiger partial charge in [0.05, 0.1) is 7.11 Å². The molecule has 2 fully saturated rings. The van der Waals surface area contributed by atoms with Gasteiger partial charge < -0.3 is 9.64 Å². The van der Waals surface area contributed by atoms with Crippen LogP contribution in [0.1, 0.15) is 58.4 Å². The van der Waals surface area contributed by atoms with Crippen LogP contribution < -0.4 is 0 Å². The molecule has 148 valence electrons. The number of likely N-dealkylation sites (tertiary alicyclic amines) is 1. The molecule has 5 heteroatoms. The van der Waals surface area contributed by atoms with E-state index in [0.29, 0.717) is 29.0 Å². The van der Waals surface area contributed by atoms with Gasteiger partial charge in [0.15, 0.2) is 5.78 Å². The van der Waals surface area contributed by atoms with E-state index >= 15 is 0 Å². The van der Waals surface area contributed by atoms with E-state index in [2.05, 4.69) is 0 Å². The van der Waals surface area contributed by atoms with Crippen LogP contribution in [0, 0.1) is 5.92 Å². The second kappa shape index (κ2) is 6.83. The number of rotatable bonds is 2. The Kier molecular flexibility index (Phi) is 4.26. The van der Waals surface area contributed by atoms with Gasteiger partial charge in [-0.15, -0.1) is 0 Å². The summed E-state index contributed by atoms with van der Waals surface area (Å²) in [5.41, 5.74) is 3.47. The molecule has 0 aromatic heterocycles. The maximum Gasteiger partial charge on any atom is 0.328 e. The third-order valence-corrected chi connectivity index (χ3v) is 6.77. The highest BCUT2D eigenvalue weighted by Crippen LogP contribution is 2.42. The highest BCUT2D eigenvalue weighted by atomic mass is 16.5. The molecule has 1 amide bonds. The van der Waals surface area contributed by atoms with E-state index in [9.17, 15) is 14.4 Å². The van der Waals surface area contributed by atoms with Crippen LogP contribution in [0.25, 0.3) is 11.1 Å². The molecule has 2 aromatic carbocycles. The first-order chi connectivity index (χ1) is 14.1. The summed E-state index contributed by atoms with van der Waals surface area (Å²) in [7, 11) is 1.37. The number of fused-ring (bicyclic) bond motifs is 4. The number of esters is 1. The maximum atomic E-state index is 13.5. The van der Waals surface area contributed by atoms with Crippen LogP contribution in [0.4, 0.5) is 0 Å². The third kappa shape index (κ3) is 2.71.